The zero-order valence-corrected chi connectivity index (χ0v) is 12.4. The van der Waals surface area contributed by atoms with Crippen molar-refractivity contribution < 1.29 is 24.5 Å². The first-order valence-electron chi connectivity index (χ1n) is 6.76. The fourth-order valence-electron chi connectivity index (χ4n) is 2.27. The topological polar surface area (TPSA) is 99.1 Å². The van der Waals surface area contributed by atoms with Crippen molar-refractivity contribution in [3.05, 3.63) is 35.0 Å². The molecule has 0 aromatic heterocycles. The van der Waals surface area contributed by atoms with E-state index in [9.17, 15) is 14.7 Å². The molecule has 1 aliphatic heterocycles. The molecule has 0 unspecified atom stereocenters. The largest absolute Gasteiger partial charge is 0.508 e. The van der Waals surface area contributed by atoms with Crippen LogP contribution >= 0.6 is 0 Å². The van der Waals surface area contributed by atoms with Gasteiger partial charge in [-0.15, -0.1) is 0 Å². The Kier molecular flexibility index (Phi) is 4.67. The number of methoxy groups -OCH3 is 1. The number of phenolic OH excluding ortho intramolecular Hbond substituents is 1. The minimum Gasteiger partial charge on any atom is -0.508 e. The summed E-state index contributed by atoms with van der Waals surface area (Å²) < 4.78 is 4.71. The van der Waals surface area contributed by atoms with Crippen LogP contribution in [-0.4, -0.2) is 53.8 Å². The maximum atomic E-state index is 12.3. The lowest BCUT2D eigenvalue weighted by Crippen LogP contribution is -2.31. The summed E-state index contributed by atoms with van der Waals surface area (Å²) in [4.78, 5) is 25.6. The van der Waals surface area contributed by atoms with Gasteiger partial charge in [-0.2, -0.15) is 0 Å². The summed E-state index contributed by atoms with van der Waals surface area (Å²) >= 11 is 0. The Labute approximate surface area is 127 Å². The molecule has 1 aromatic carbocycles. The molecule has 0 radical (unpaired) electrons. The number of rotatable bonds is 5. The lowest BCUT2D eigenvalue weighted by Gasteiger charge is -2.15. The third kappa shape index (κ3) is 3.04. The number of carbonyl (C=O) groups excluding carboxylic acids is 2. The molecule has 1 aromatic rings. The Balaban J connectivity index is 2.34. The number of β-amino-alcohol motifs (C(OH)–C–C–N with tert-alkyl or cyclic N) is 1. The molecule has 1 aliphatic rings. The standard InChI is InChI=1S/C15H18N2O5/c1-9-7-10(19)3-4-12(9)16-13-11(15(21)22-2)8-17(5-6-18)14(13)20/h3-4,7,16,18-19H,5-6,8H2,1-2H3. The van der Waals surface area contributed by atoms with Crippen LogP contribution in [0.4, 0.5) is 5.69 Å². The van der Waals surface area contributed by atoms with Crippen molar-refractivity contribution in [2.24, 2.45) is 0 Å². The molecule has 0 spiro atoms. The number of esters is 1. The van der Waals surface area contributed by atoms with Gasteiger partial charge in [0.15, 0.2) is 0 Å². The summed E-state index contributed by atoms with van der Waals surface area (Å²) in [5.41, 5.74) is 1.68. The number of nitrogens with zero attached hydrogens (tertiary/aromatic N) is 1. The fourth-order valence-corrected chi connectivity index (χ4v) is 2.27. The van der Waals surface area contributed by atoms with Gasteiger partial charge in [0.2, 0.25) is 0 Å². The first-order valence-corrected chi connectivity index (χ1v) is 6.76. The second kappa shape index (κ2) is 6.48. The van der Waals surface area contributed by atoms with Gasteiger partial charge in [0.1, 0.15) is 11.4 Å². The molecular weight excluding hydrogens is 288 g/mol. The van der Waals surface area contributed by atoms with Crippen molar-refractivity contribution in [3.8, 4) is 5.75 Å². The molecule has 7 nitrogen and oxygen atoms in total. The number of anilines is 1. The molecule has 1 heterocycles. The maximum absolute atomic E-state index is 12.3. The van der Waals surface area contributed by atoms with Crippen LogP contribution in [0.2, 0.25) is 0 Å². The average molecular weight is 306 g/mol. The minimum atomic E-state index is -0.590. The molecule has 7 heteroatoms. The summed E-state index contributed by atoms with van der Waals surface area (Å²) in [6, 6.07) is 4.65. The number of aliphatic hydroxyl groups is 1. The summed E-state index contributed by atoms with van der Waals surface area (Å²) in [6.07, 6.45) is 0. The summed E-state index contributed by atoms with van der Waals surface area (Å²) in [5.74, 6) is -0.848. The van der Waals surface area contributed by atoms with E-state index in [1.165, 1.54) is 18.1 Å². The van der Waals surface area contributed by atoms with E-state index in [0.717, 1.165) is 5.56 Å². The second-order valence-electron chi connectivity index (χ2n) is 4.92. The SMILES string of the molecule is COC(=O)C1=C(Nc2ccc(O)cc2C)C(=O)N(CCO)C1. The van der Waals surface area contributed by atoms with Crippen molar-refractivity contribution in [2.45, 2.75) is 6.92 Å². The molecule has 22 heavy (non-hydrogen) atoms. The van der Waals surface area contributed by atoms with E-state index in [0.29, 0.717) is 5.69 Å². The van der Waals surface area contributed by atoms with Gasteiger partial charge in [0, 0.05) is 12.2 Å². The molecule has 118 valence electrons. The van der Waals surface area contributed by atoms with E-state index in [4.69, 9.17) is 9.84 Å². The number of ether oxygens (including phenoxy) is 1. The van der Waals surface area contributed by atoms with Crippen LogP contribution in [0.15, 0.2) is 29.5 Å². The minimum absolute atomic E-state index is 0.0888. The van der Waals surface area contributed by atoms with Crippen LogP contribution in [-0.2, 0) is 14.3 Å². The molecule has 0 atom stereocenters. The van der Waals surface area contributed by atoms with E-state index in [1.54, 1.807) is 19.1 Å². The van der Waals surface area contributed by atoms with Crippen molar-refractivity contribution >= 4 is 17.6 Å². The Bertz CT molecular complexity index is 639. The van der Waals surface area contributed by atoms with Crippen molar-refractivity contribution in [3.63, 3.8) is 0 Å². The zero-order chi connectivity index (χ0) is 16.3. The van der Waals surface area contributed by atoms with Gasteiger partial charge >= 0.3 is 5.97 Å². The van der Waals surface area contributed by atoms with E-state index >= 15 is 0 Å². The van der Waals surface area contributed by atoms with Gasteiger partial charge in [-0.05, 0) is 30.7 Å². The predicted molar refractivity (Wildman–Crippen MR) is 79.2 cm³/mol. The van der Waals surface area contributed by atoms with Crippen molar-refractivity contribution in [2.75, 3.05) is 32.1 Å². The number of carbonyl (C=O) groups is 2. The molecule has 0 saturated carbocycles. The summed E-state index contributed by atoms with van der Waals surface area (Å²) in [7, 11) is 1.25. The average Bonchev–Trinajstić information content (AvgIpc) is 2.79. The molecule has 0 aliphatic carbocycles. The highest BCUT2D eigenvalue weighted by atomic mass is 16.5. The molecule has 1 amide bonds. The van der Waals surface area contributed by atoms with E-state index in [-0.39, 0.29) is 42.6 Å². The quantitative estimate of drug-likeness (QED) is 0.537. The van der Waals surface area contributed by atoms with Crippen LogP contribution in [0.5, 0.6) is 5.75 Å². The zero-order valence-electron chi connectivity index (χ0n) is 12.4. The van der Waals surface area contributed by atoms with Gasteiger partial charge in [0.05, 0.1) is 25.8 Å². The highest BCUT2D eigenvalue weighted by Crippen LogP contribution is 2.26. The Morgan fingerprint density at radius 2 is 2.18 bits per heavy atom. The van der Waals surface area contributed by atoms with Crippen molar-refractivity contribution in [1.82, 2.24) is 4.90 Å². The molecule has 0 fully saturated rings. The molecule has 0 saturated heterocycles. The number of hydrogen-bond donors (Lipinski definition) is 3. The first kappa shape index (κ1) is 15.8. The maximum Gasteiger partial charge on any atom is 0.337 e. The third-order valence-electron chi connectivity index (χ3n) is 3.42. The van der Waals surface area contributed by atoms with Crippen LogP contribution < -0.4 is 5.32 Å². The van der Waals surface area contributed by atoms with Gasteiger partial charge in [-0.1, -0.05) is 0 Å². The lowest BCUT2D eigenvalue weighted by molar-refractivity contribution is -0.136. The van der Waals surface area contributed by atoms with E-state index in [1.807, 2.05) is 0 Å². The number of amides is 1. The summed E-state index contributed by atoms with van der Waals surface area (Å²) in [6.45, 7) is 1.81. The van der Waals surface area contributed by atoms with Gasteiger partial charge in [-0.25, -0.2) is 4.79 Å². The third-order valence-corrected chi connectivity index (χ3v) is 3.42. The number of aryl methyl sites for hydroxylation is 1. The van der Waals surface area contributed by atoms with Gasteiger partial charge < -0.3 is 25.2 Å². The number of hydrogen-bond acceptors (Lipinski definition) is 6. The monoisotopic (exact) mass is 306 g/mol. The molecule has 3 N–H and O–H groups in total. The van der Waals surface area contributed by atoms with Crippen LogP contribution in [0.1, 0.15) is 5.56 Å². The fraction of sp³-hybridized carbons (Fsp3) is 0.333. The summed E-state index contributed by atoms with van der Waals surface area (Å²) in [5, 5.41) is 21.4. The predicted octanol–water partition coefficient (Wildman–Crippen LogP) is 0.374. The van der Waals surface area contributed by atoms with Crippen molar-refractivity contribution in [1.29, 1.82) is 0 Å². The Morgan fingerprint density at radius 3 is 2.77 bits per heavy atom. The number of benzene rings is 1. The van der Waals surface area contributed by atoms with Gasteiger partial charge in [0.25, 0.3) is 5.91 Å². The number of phenols is 1. The van der Waals surface area contributed by atoms with Crippen LogP contribution in [0.25, 0.3) is 0 Å². The van der Waals surface area contributed by atoms with Crippen LogP contribution in [0, 0.1) is 6.92 Å². The number of aliphatic hydroxyl groups excluding tert-OH is 1. The number of aromatic hydroxyl groups is 1. The molecular formula is C15H18N2O5. The Hall–Kier alpha value is -2.54. The lowest BCUT2D eigenvalue weighted by atomic mass is 10.1. The van der Waals surface area contributed by atoms with E-state index < -0.39 is 5.97 Å². The van der Waals surface area contributed by atoms with E-state index in [2.05, 4.69) is 5.32 Å². The Morgan fingerprint density at radius 1 is 1.45 bits per heavy atom. The molecule has 2 rings (SSSR count). The molecule has 0 bridgehead atoms. The smallest absolute Gasteiger partial charge is 0.337 e. The normalized spacial score (nSPS) is 14.5. The highest BCUT2D eigenvalue weighted by molar-refractivity contribution is 6.08. The second-order valence-corrected chi connectivity index (χ2v) is 4.92. The van der Waals surface area contributed by atoms with Gasteiger partial charge in [-0.3, -0.25) is 4.79 Å². The number of nitrogens with one attached hydrogen (secondary N) is 1. The van der Waals surface area contributed by atoms with Crippen LogP contribution in [0.3, 0.4) is 0 Å². The highest BCUT2D eigenvalue weighted by Gasteiger charge is 2.34. The first-order chi connectivity index (χ1) is 10.5.